The second-order valence-corrected chi connectivity index (χ2v) is 5.24. The molecule has 2 unspecified atom stereocenters. The Morgan fingerprint density at radius 2 is 2.24 bits per heavy atom. The number of hydrogen-bond acceptors (Lipinski definition) is 3. The Morgan fingerprint density at radius 1 is 1.41 bits per heavy atom. The summed E-state index contributed by atoms with van der Waals surface area (Å²) in [6, 6.07) is 6.28. The van der Waals surface area contributed by atoms with E-state index in [4.69, 9.17) is 0 Å². The van der Waals surface area contributed by atoms with Crippen molar-refractivity contribution < 1.29 is 4.79 Å². The summed E-state index contributed by atoms with van der Waals surface area (Å²) in [6.45, 7) is 4.08. The Balaban J connectivity index is 2.05. The lowest BCUT2D eigenvalue weighted by atomic mass is 10.1. The molecule has 0 spiro atoms. The van der Waals surface area contributed by atoms with Gasteiger partial charge in [0.2, 0.25) is 0 Å². The SMILES string of the molecule is CC1NC(=O)N(c2ccc3ncsc3c2)C1C. The molecule has 0 saturated carbocycles. The monoisotopic (exact) mass is 247 g/mol. The minimum atomic E-state index is -0.0196. The van der Waals surface area contributed by atoms with E-state index in [9.17, 15) is 4.79 Å². The predicted octanol–water partition coefficient (Wildman–Crippen LogP) is 2.60. The molecule has 0 radical (unpaired) electrons. The van der Waals surface area contributed by atoms with Gasteiger partial charge < -0.3 is 5.32 Å². The van der Waals surface area contributed by atoms with Crippen LogP contribution in [0, 0.1) is 0 Å². The number of hydrogen-bond donors (Lipinski definition) is 1. The fraction of sp³-hybridized carbons (Fsp3) is 0.333. The minimum absolute atomic E-state index is 0.0196. The molecule has 2 aromatic rings. The van der Waals surface area contributed by atoms with Crippen LogP contribution in [0.4, 0.5) is 10.5 Å². The van der Waals surface area contributed by atoms with Crippen LogP contribution in [0.15, 0.2) is 23.7 Å². The Hall–Kier alpha value is -1.62. The first kappa shape index (κ1) is 10.5. The van der Waals surface area contributed by atoms with Crippen LogP contribution < -0.4 is 10.2 Å². The van der Waals surface area contributed by atoms with E-state index in [2.05, 4.69) is 17.2 Å². The number of carbonyl (C=O) groups excluding carboxylic acids is 1. The number of carbonyl (C=O) groups is 1. The summed E-state index contributed by atoms with van der Waals surface area (Å²) in [6.07, 6.45) is 0. The highest BCUT2D eigenvalue weighted by Crippen LogP contribution is 2.28. The number of aromatic nitrogens is 1. The molecule has 4 nitrogen and oxygen atoms in total. The number of rotatable bonds is 1. The number of thiazole rings is 1. The van der Waals surface area contributed by atoms with Crippen molar-refractivity contribution in [1.29, 1.82) is 0 Å². The molecule has 2 atom stereocenters. The van der Waals surface area contributed by atoms with E-state index < -0.39 is 0 Å². The molecule has 1 fully saturated rings. The normalized spacial score (nSPS) is 24.4. The van der Waals surface area contributed by atoms with Crippen LogP contribution >= 0.6 is 11.3 Å². The molecule has 17 heavy (non-hydrogen) atoms. The molecule has 88 valence electrons. The molecule has 1 saturated heterocycles. The van der Waals surface area contributed by atoms with Crippen LogP contribution in [-0.2, 0) is 0 Å². The Bertz CT molecular complexity index is 580. The van der Waals surface area contributed by atoms with Gasteiger partial charge >= 0.3 is 6.03 Å². The number of benzene rings is 1. The fourth-order valence-electron chi connectivity index (χ4n) is 2.14. The molecule has 1 aliphatic rings. The molecular weight excluding hydrogens is 234 g/mol. The number of nitrogens with one attached hydrogen (secondary N) is 1. The van der Waals surface area contributed by atoms with Crippen molar-refractivity contribution in [3.63, 3.8) is 0 Å². The molecule has 2 heterocycles. The molecule has 1 aliphatic heterocycles. The Morgan fingerprint density at radius 3 is 2.94 bits per heavy atom. The third-order valence-corrected chi connectivity index (χ3v) is 4.09. The van der Waals surface area contributed by atoms with Crippen molar-refractivity contribution >= 4 is 33.3 Å². The van der Waals surface area contributed by atoms with Crippen molar-refractivity contribution in [2.75, 3.05) is 4.90 Å². The lowest BCUT2D eigenvalue weighted by Crippen LogP contribution is -2.33. The van der Waals surface area contributed by atoms with Crippen molar-refractivity contribution in [3.8, 4) is 0 Å². The maximum Gasteiger partial charge on any atom is 0.322 e. The highest BCUT2D eigenvalue weighted by molar-refractivity contribution is 7.16. The maximum atomic E-state index is 11.9. The zero-order valence-electron chi connectivity index (χ0n) is 9.68. The van der Waals surface area contributed by atoms with E-state index in [1.165, 1.54) is 0 Å². The number of anilines is 1. The van der Waals surface area contributed by atoms with E-state index in [0.29, 0.717) is 0 Å². The van der Waals surface area contributed by atoms with Gasteiger partial charge in [0.05, 0.1) is 21.8 Å². The third kappa shape index (κ3) is 1.58. The number of fused-ring (bicyclic) bond motifs is 1. The molecule has 5 heteroatoms. The summed E-state index contributed by atoms with van der Waals surface area (Å²) in [4.78, 5) is 17.9. The van der Waals surface area contributed by atoms with Gasteiger partial charge in [0, 0.05) is 11.7 Å². The number of nitrogens with zero attached hydrogens (tertiary/aromatic N) is 2. The van der Waals surface area contributed by atoms with E-state index in [0.717, 1.165) is 15.9 Å². The van der Waals surface area contributed by atoms with E-state index >= 15 is 0 Å². The zero-order chi connectivity index (χ0) is 12.0. The van der Waals surface area contributed by atoms with Crippen molar-refractivity contribution in [1.82, 2.24) is 10.3 Å². The minimum Gasteiger partial charge on any atom is -0.333 e. The van der Waals surface area contributed by atoms with Gasteiger partial charge in [-0.05, 0) is 32.0 Å². The summed E-state index contributed by atoms with van der Waals surface area (Å²) in [5.74, 6) is 0. The molecule has 0 aliphatic carbocycles. The van der Waals surface area contributed by atoms with Crippen LogP contribution in [-0.4, -0.2) is 23.1 Å². The summed E-state index contributed by atoms with van der Waals surface area (Å²) < 4.78 is 1.11. The van der Waals surface area contributed by atoms with Crippen LogP contribution in [0.25, 0.3) is 10.2 Å². The van der Waals surface area contributed by atoms with Crippen LogP contribution in [0.5, 0.6) is 0 Å². The molecule has 0 bridgehead atoms. The number of urea groups is 1. The van der Waals surface area contributed by atoms with Gasteiger partial charge in [-0.3, -0.25) is 4.90 Å². The van der Waals surface area contributed by atoms with Gasteiger partial charge in [-0.25, -0.2) is 9.78 Å². The maximum absolute atomic E-state index is 11.9. The average molecular weight is 247 g/mol. The van der Waals surface area contributed by atoms with E-state index in [1.54, 1.807) is 11.3 Å². The lowest BCUT2D eigenvalue weighted by Gasteiger charge is -2.21. The Labute approximate surface area is 103 Å². The first-order valence-electron chi connectivity index (χ1n) is 5.60. The predicted molar refractivity (Wildman–Crippen MR) is 69.6 cm³/mol. The largest absolute Gasteiger partial charge is 0.333 e. The first-order valence-corrected chi connectivity index (χ1v) is 6.48. The van der Waals surface area contributed by atoms with Gasteiger partial charge in [0.1, 0.15) is 0 Å². The van der Waals surface area contributed by atoms with Crippen LogP contribution in [0.1, 0.15) is 13.8 Å². The summed E-state index contributed by atoms with van der Waals surface area (Å²) in [7, 11) is 0. The zero-order valence-corrected chi connectivity index (χ0v) is 10.5. The van der Waals surface area contributed by atoms with Gasteiger partial charge in [0.15, 0.2) is 0 Å². The van der Waals surface area contributed by atoms with Crippen LogP contribution in [0.2, 0.25) is 0 Å². The quantitative estimate of drug-likeness (QED) is 0.842. The van der Waals surface area contributed by atoms with Crippen molar-refractivity contribution in [3.05, 3.63) is 23.7 Å². The van der Waals surface area contributed by atoms with E-state index in [1.807, 2.05) is 35.5 Å². The van der Waals surface area contributed by atoms with Crippen LogP contribution in [0.3, 0.4) is 0 Å². The average Bonchev–Trinajstić information content (AvgIpc) is 2.84. The topological polar surface area (TPSA) is 45.2 Å². The van der Waals surface area contributed by atoms with Gasteiger partial charge in [-0.2, -0.15) is 0 Å². The van der Waals surface area contributed by atoms with Crippen molar-refractivity contribution in [2.45, 2.75) is 25.9 Å². The Kier molecular flexibility index (Phi) is 2.29. The van der Waals surface area contributed by atoms with Gasteiger partial charge in [-0.1, -0.05) is 0 Å². The van der Waals surface area contributed by atoms with Gasteiger partial charge in [0.25, 0.3) is 0 Å². The second kappa shape index (κ2) is 3.70. The molecule has 1 aromatic carbocycles. The summed E-state index contributed by atoms with van der Waals surface area (Å²) in [5.41, 5.74) is 3.75. The molecule has 1 N–H and O–H groups in total. The fourth-order valence-corrected chi connectivity index (χ4v) is 2.85. The summed E-state index contributed by atoms with van der Waals surface area (Å²) >= 11 is 1.59. The third-order valence-electron chi connectivity index (χ3n) is 3.29. The van der Waals surface area contributed by atoms with Crippen molar-refractivity contribution in [2.24, 2.45) is 0 Å². The highest BCUT2D eigenvalue weighted by atomic mass is 32.1. The summed E-state index contributed by atoms with van der Waals surface area (Å²) in [5, 5.41) is 2.93. The second-order valence-electron chi connectivity index (χ2n) is 4.35. The molecule has 2 amide bonds. The molecule has 3 rings (SSSR count). The molecule has 1 aromatic heterocycles. The standard InChI is InChI=1S/C12H13N3OS/c1-7-8(2)15(12(16)14-7)9-3-4-10-11(5-9)17-6-13-10/h3-8H,1-2H3,(H,14,16). The first-order chi connectivity index (χ1) is 8.16. The van der Waals surface area contributed by atoms with E-state index in [-0.39, 0.29) is 18.1 Å². The highest BCUT2D eigenvalue weighted by Gasteiger charge is 2.34. The lowest BCUT2D eigenvalue weighted by molar-refractivity contribution is 0.251. The smallest absolute Gasteiger partial charge is 0.322 e. The number of amides is 2. The molecular formula is C12H13N3OS. The van der Waals surface area contributed by atoms with Gasteiger partial charge in [-0.15, -0.1) is 11.3 Å².